The van der Waals surface area contributed by atoms with Gasteiger partial charge in [0.1, 0.15) is 6.04 Å². The van der Waals surface area contributed by atoms with E-state index in [2.05, 4.69) is 13.2 Å². The van der Waals surface area contributed by atoms with Gasteiger partial charge in [-0.25, -0.2) is 0 Å². The van der Waals surface area contributed by atoms with Gasteiger partial charge in [0, 0.05) is 11.8 Å². The number of likely N-dealkylation sites (tertiary alicyclic amines) is 1. The van der Waals surface area contributed by atoms with Crippen molar-refractivity contribution in [1.82, 2.24) is 4.90 Å². The maximum atomic E-state index is 14.6. The van der Waals surface area contributed by atoms with E-state index < -0.39 is 28.7 Å². The number of aryl methyl sites for hydroxylation is 1. The van der Waals surface area contributed by atoms with Crippen LogP contribution in [-0.2, 0) is 19.1 Å². The first-order valence-electron chi connectivity index (χ1n) is 13.3. The Labute approximate surface area is 234 Å². The van der Waals surface area contributed by atoms with Crippen molar-refractivity contribution in [2.75, 3.05) is 24.7 Å². The van der Waals surface area contributed by atoms with Gasteiger partial charge in [-0.1, -0.05) is 42.8 Å². The van der Waals surface area contributed by atoms with Crippen LogP contribution in [0, 0.1) is 18.8 Å². The number of hydrogen-bond acceptors (Lipinski definition) is 6. The highest BCUT2D eigenvalue weighted by molar-refractivity contribution is 8.02. The van der Waals surface area contributed by atoms with Gasteiger partial charge in [0.2, 0.25) is 5.91 Å². The van der Waals surface area contributed by atoms with Crippen molar-refractivity contribution in [3.63, 3.8) is 0 Å². The molecule has 1 aromatic rings. The van der Waals surface area contributed by atoms with Crippen LogP contribution in [0.5, 0.6) is 0 Å². The van der Waals surface area contributed by atoms with E-state index in [4.69, 9.17) is 16.3 Å². The van der Waals surface area contributed by atoms with E-state index in [1.807, 2.05) is 26.0 Å². The Morgan fingerprint density at radius 2 is 2.13 bits per heavy atom. The molecule has 7 nitrogen and oxygen atoms in total. The normalized spacial score (nSPS) is 28.2. The van der Waals surface area contributed by atoms with E-state index >= 15 is 0 Å². The van der Waals surface area contributed by atoms with Crippen LogP contribution >= 0.6 is 23.4 Å². The summed E-state index contributed by atoms with van der Waals surface area (Å²) in [6.07, 6.45) is 6.67. The van der Waals surface area contributed by atoms with Crippen molar-refractivity contribution in [1.29, 1.82) is 0 Å². The van der Waals surface area contributed by atoms with Gasteiger partial charge in [-0.2, -0.15) is 0 Å². The van der Waals surface area contributed by atoms with Gasteiger partial charge in [0.15, 0.2) is 0 Å². The Bertz CT molecular complexity index is 1090. The van der Waals surface area contributed by atoms with Crippen LogP contribution in [0.2, 0.25) is 5.02 Å². The molecule has 206 valence electrons. The second kappa shape index (κ2) is 11.8. The SMILES string of the molecule is C=CCCCOC(=O)[C@@H]1[C@H]2C(=O)N([C@@H](CC)CO)C(C(=O)N(CC=C)c3c(C)cccc3Cl)C23CC[C@H]1S3. The number of aliphatic hydroxyl groups is 1. The van der Waals surface area contributed by atoms with Gasteiger partial charge in [0.25, 0.3) is 5.91 Å². The minimum Gasteiger partial charge on any atom is -0.465 e. The Morgan fingerprint density at radius 1 is 1.37 bits per heavy atom. The number of allylic oxidation sites excluding steroid dienone is 1. The fraction of sp³-hybridized carbons (Fsp3) is 0.552. The zero-order valence-electron chi connectivity index (χ0n) is 22.1. The molecule has 3 heterocycles. The van der Waals surface area contributed by atoms with Gasteiger partial charge < -0.3 is 19.6 Å². The number of fused-ring (bicyclic) bond motifs is 1. The van der Waals surface area contributed by atoms with Crippen molar-refractivity contribution in [3.05, 3.63) is 54.1 Å². The van der Waals surface area contributed by atoms with Crippen LogP contribution in [0.3, 0.4) is 0 Å². The van der Waals surface area contributed by atoms with Crippen LogP contribution < -0.4 is 4.90 Å². The van der Waals surface area contributed by atoms with Gasteiger partial charge in [-0.05, 0) is 50.7 Å². The number of benzene rings is 1. The van der Waals surface area contributed by atoms with E-state index in [1.54, 1.807) is 39.8 Å². The molecule has 38 heavy (non-hydrogen) atoms. The molecule has 1 spiro atoms. The first kappa shape index (κ1) is 28.7. The third kappa shape index (κ3) is 4.69. The second-order valence-electron chi connectivity index (χ2n) is 10.3. The highest BCUT2D eigenvalue weighted by Gasteiger charge is 2.74. The number of para-hydroxylation sites is 1. The molecule has 0 aromatic heterocycles. The molecule has 3 saturated heterocycles. The molecular formula is C29H37ClN2O5S. The Balaban J connectivity index is 1.76. The number of rotatable bonds is 12. The molecule has 2 unspecified atom stereocenters. The van der Waals surface area contributed by atoms with Gasteiger partial charge in [-0.15, -0.1) is 24.9 Å². The van der Waals surface area contributed by atoms with Crippen molar-refractivity contribution >= 4 is 46.8 Å². The Hall–Kier alpha value is -2.29. The van der Waals surface area contributed by atoms with Crippen LogP contribution in [0.1, 0.15) is 44.6 Å². The molecule has 0 aliphatic carbocycles. The van der Waals surface area contributed by atoms with Crippen molar-refractivity contribution in [2.45, 2.75) is 68.0 Å². The number of halogens is 1. The number of esters is 1. The standard InChI is InChI=1S/C29H37ClN2O5S/c1-5-8-9-16-37-28(36)22-21-13-14-29(38-21)23(22)26(34)32(19(7-3)17-33)25(29)27(35)31(15-6-2)24-18(4)11-10-12-20(24)30/h5-6,10-12,19,21-23,25,33H,1-2,7-9,13-17H2,3-4H3/t19-,21+,22-,23-,25?,29?/m0/s1. The average Bonchev–Trinajstić information content (AvgIpc) is 3.54. The fourth-order valence-electron chi connectivity index (χ4n) is 6.48. The summed E-state index contributed by atoms with van der Waals surface area (Å²) >= 11 is 8.18. The van der Waals surface area contributed by atoms with Crippen LogP contribution in [0.15, 0.2) is 43.5 Å². The van der Waals surface area contributed by atoms with Gasteiger partial charge in [-0.3, -0.25) is 14.4 Å². The largest absolute Gasteiger partial charge is 0.465 e. The lowest BCUT2D eigenvalue weighted by molar-refractivity contribution is -0.154. The minimum atomic E-state index is -0.846. The van der Waals surface area contributed by atoms with Crippen molar-refractivity contribution in [2.24, 2.45) is 11.8 Å². The maximum Gasteiger partial charge on any atom is 0.310 e. The summed E-state index contributed by atoms with van der Waals surface area (Å²) in [5, 5.41) is 10.6. The smallest absolute Gasteiger partial charge is 0.310 e. The summed E-state index contributed by atoms with van der Waals surface area (Å²) in [4.78, 5) is 45.2. The first-order valence-corrected chi connectivity index (χ1v) is 14.6. The van der Waals surface area contributed by atoms with E-state index in [-0.39, 0.29) is 42.8 Å². The molecular weight excluding hydrogens is 524 g/mol. The lowest BCUT2D eigenvalue weighted by Crippen LogP contribution is -2.57. The third-order valence-electron chi connectivity index (χ3n) is 8.15. The molecule has 1 aromatic carbocycles. The molecule has 4 rings (SSSR count). The molecule has 3 aliphatic rings. The quantitative estimate of drug-likeness (QED) is 0.229. The van der Waals surface area contributed by atoms with E-state index in [0.29, 0.717) is 30.0 Å². The number of ether oxygens (including phenoxy) is 1. The zero-order valence-corrected chi connectivity index (χ0v) is 23.7. The van der Waals surface area contributed by atoms with Crippen molar-refractivity contribution < 1.29 is 24.2 Å². The maximum absolute atomic E-state index is 14.6. The monoisotopic (exact) mass is 560 g/mol. The number of hydrogen-bond donors (Lipinski definition) is 1. The molecule has 3 aliphatic heterocycles. The number of unbranched alkanes of at least 4 members (excludes halogenated alkanes) is 1. The van der Waals surface area contributed by atoms with Crippen molar-refractivity contribution in [3.8, 4) is 0 Å². The molecule has 2 bridgehead atoms. The molecule has 6 atom stereocenters. The average molecular weight is 561 g/mol. The molecule has 9 heteroatoms. The second-order valence-corrected chi connectivity index (χ2v) is 12.3. The first-order chi connectivity index (χ1) is 18.3. The highest BCUT2D eigenvalue weighted by Crippen LogP contribution is 2.67. The number of anilines is 1. The van der Waals surface area contributed by atoms with Gasteiger partial charge in [0.05, 0.1) is 46.5 Å². The minimum absolute atomic E-state index is 0.0857. The summed E-state index contributed by atoms with van der Waals surface area (Å²) in [7, 11) is 0. The summed E-state index contributed by atoms with van der Waals surface area (Å²) in [6, 6.07) is 4.07. The summed E-state index contributed by atoms with van der Waals surface area (Å²) < 4.78 is 4.84. The van der Waals surface area contributed by atoms with E-state index in [9.17, 15) is 19.5 Å². The molecule has 3 fully saturated rings. The topological polar surface area (TPSA) is 87.1 Å². The van der Waals surface area contributed by atoms with Crippen LogP contribution in [-0.4, -0.2) is 69.6 Å². The predicted octanol–water partition coefficient (Wildman–Crippen LogP) is 4.54. The molecule has 1 N–H and O–H groups in total. The third-order valence-corrected chi connectivity index (χ3v) is 10.4. The number of carbonyl (C=O) groups excluding carboxylic acids is 3. The number of carbonyl (C=O) groups is 3. The highest BCUT2D eigenvalue weighted by atomic mass is 35.5. The van der Waals surface area contributed by atoms with Gasteiger partial charge >= 0.3 is 5.97 Å². The predicted molar refractivity (Wildman–Crippen MR) is 151 cm³/mol. The molecule has 0 saturated carbocycles. The van der Waals surface area contributed by atoms with Crippen LogP contribution in [0.25, 0.3) is 0 Å². The summed E-state index contributed by atoms with van der Waals surface area (Å²) in [6.45, 7) is 11.5. The van der Waals surface area contributed by atoms with Crippen LogP contribution in [0.4, 0.5) is 5.69 Å². The molecule has 0 radical (unpaired) electrons. The number of amides is 2. The van der Waals surface area contributed by atoms with E-state index in [0.717, 1.165) is 18.4 Å². The zero-order chi connectivity index (χ0) is 27.6. The molecule has 2 amide bonds. The lowest BCUT2D eigenvalue weighted by Gasteiger charge is -2.39. The number of thioether (sulfide) groups is 1. The summed E-state index contributed by atoms with van der Waals surface area (Å²) in [5.74, 6) is -2.18. The summed E-state index contributed by atoms with van der Waals surface area (Å²) in [5.41, 5.74) is 1.41. The number of aliphatic hydroxyl groups excluding tert-OH is 1. The Morgan fingerprint density at radius 3 is 2.76 bits per heavy atom. The fourth-order valence-corrected chi connectivity index (χ4v) is 8.99. The lowest BCUT2D eigenvalue weighted by atomic mass is 9.71. The number of nitrogens with zero attached hydrogens (tertiary/aromatic N) is 2. The Kier molecular flexibility index (Phi) is 8.95. The van der Waals surface area contributed by atoms with E-state index in [1.165, 1.54) is 0 Å².